The molecule has 1 aliphatic heterocycles. The molecule has 4 heteroatoms. The summed E-state index contributed by atoms with van der Waals surface area (Å²) in [6.07, 6.45) is 3.65. The Morgan fingerprint density at radius 2 is 2.33 bits per heavy atom. The van der Waals surface area contributed by atoms with E-state index >= 15 is 0 Å². The molecule has 0 radical (unpaired) electrons. The molecule has 1 heterocycles. The summed E-state index contributed by atoms with van der Waals surface area (Å²) in [7, 11) is 1.39. The van der Waals surface area contributed by atoms with E-state index in [2.05, 4.69) is 11.3 Å². The fourth-order valence-electron chi connectivity index (χ4n) is 1.88. The standard InChI is InChI=1S/C11H17NO3/c1-3-10(13)12-6-4-5-9(8-12)7-11(14)15-2/h3,9H,1,4-8H2,2H3/t9-/m0/s1. The van der Waals surface area contributed by atoms with E-state index in [-0.39, 0.29) is 17.8 Å². The monoisotopic (exact) mass is 211 g/mol. The Morgan fingerprint density at radius 3 is 2.93 bits per heavy atom. The van der Waals surface area contributed by atoms with Gasteiger partial charge in [-0.25, -0.2) is 0 Å². The molecule has 0 aromatic heterocycles. The predicted molar refractivity (Wildman–Crippen MR) is 56.1 cm³/mol. The SMILES string of the molecule is C=CC(=O)N1CCC[C@@H](CC(=O)OC)C1. The van der Waals surface area contributed by atoms with Crippen LogP contribution in [0.2, 0.25) is 0 Å². The van der Waals surface area contributed by atoms with Crippen molar-refractivity contribution in [3.8, 4) is 0 Å². The molecule has 0 spiro atoms. The van der Waals surface area contributed by atoms with Crippen LogP contribution in [0.25, 0.3) is 0 Å². The molecule has 1 saturated heterocycles. The number of methoxy groups -OCH3 is 1. The zero-order valence-electron chi connectivity index (χ0n) is 9.07. The Hall–Kier alpha value is -1.32. The normalized spacial score (nSPS) is 20.9. The van der Waals surface area contributed by atoms with Gasteiger partial charge < -0.3 is 9.64 Å². The highest BCUT2D eigenvalue weighted by Crippen LogP contribution is 2.20. The third kappa shape index (κ3) is 3.38. The summed E-state index contributed by atoms with van der Waals surface area (Å²) < 4.78 is 4.61. The lowest BCUT2D eigenvalue weighted by molar-refractivity contribution is -0.143. The Bertz CT molecular complexity index is 263. The van der Waals surface area contributed by atoms with Crippen LogP contribution in [0.5, 0.6) is 0 Å². The third-order valence-corrected chi connectivity index (χ3v) is 2.69. The average Bonchev–Trinajstić information content (AvgIpc) is 2.28. The molecule has 0 saturated carbocycles. The molecule has 0 aliphatic carbocycles. The van der Waals surface area contributed by atoms with E-state index in [0.29, 0.717) is 13.0 Å². The van der Waals surface area contributed by atoms with Gasteiger partial charge in [-0.3, -0.25) is 9.59 Å². The summed E-state index contributed by atoms with van der Waals surface area (Å²) >= 11 is 0. The molecule has 0 bridgehead atoms. The van der Waals surface area contributed by atoms with Crippen molar-refractivity contribution in [3.63, 3.8) is 0 Å². The zero-order chi connectivity index (χ0) is 11.3. The van der Waals surface area contributed by atoms with Crippen LogP contribution in [0, 0.1) is 5.92 Å². The number of likely N-dealkylation sites (tertiary alicyclic amines) is 1. The van der Waals surface area contributed by atoms with Gasteiger partial charge in [-0.05, 0) is 24.8 Å². The van der Waals surface area contributed by atoms with E-state index in [1.165, 1.54) is 13.2 Å². The van der Waals surface area contributed by atoms with Crippen LogP contribution in [-0.4, -0.2) is 37.0 Å². The van der Waals surface area contributed by atoms with E-state index in [9.17, 15) is 9.59 Å². The number of hydrogen-bond acceptors (Lipinski definition) is 3. The van der Waals surface area contributed by atoms with Crippen LogP contribution < -0.4 is 0 Å². The van der Waals surface area contributed by atoms with E-state index in [0.717, 1.165) is 19.4 Å². The molecule has 0 aromatic rings. The Morgan fingerprint density at radius 1 is 1.60 bits per heavy atom. The summed E-state index contributed by atoms with van der Waals surface area (Å²) in [5, 5.41) is 0. The van der Waals surface area contributed by atoms with Gasteiger partial charge in [0, 0.05) is 19.5 Å². The molecule has 0 unspecified atom stereocenters. The van der Waals surface area contributed by atoms with Crippen molar-refractivity contribution in [2.75, 3.05) is 20.2 Å². The minimum atomic E-state index is -0.201. The zero-order valence-corrected chi connectivity index (χ0v) is 9.07. The maximum absolute atomic E-state index is 11.4. The number of piperidine rings is 1. The predicted octanol–water partition coefficient (Wildman–Crippen LogP) is 0.974. The lowest BCUT2D eigenvalue weighted by Crippen LogP contribution is -2.39. The van der Waals surface area contributed by atoms with Gasteiger partial charge in [-0.2, -0.15) is 0 Å². The molecule has 0 aromatic carbocycles. The van der Waals surface area contributed by atoms with Gasteiger partial charge in [-0.1, -0.05) is 6.58 Å². The maximum Gasteiger partial charge on any atom is 0.305 e. The highest BCUT2D eigenvalue weighted by molar-refractivity contribution is 5.87. The van der Waals surface area contributed by atoms with Gasteiger partial charge in [0.25, 0.3) is 0 Å². The summed E-state index contributed by atoms with van der Waals surface area (Å²) in [4.78, 5) is 24.2. The molecular formula is C11H17NO3. The van der Waals surface area contributed by atoms with Crippen LogP contribution in [-0.2, 0) is 14.3 Å². The van der Waals surface area contributed by atoms with Crippen LogP contribution in [0.4, 0.5) is 0 Å². The van der Waals surface area contributed by atoms with Gasteiger partial charge >= 0.3 is 5.97 Å². The van der Waals surface area contributed by atoms with Crippen molar-refractivity contribution in [1.29, 1.82) is 0 Å². The van der Waals surface area contributed by atoms with Crippen molar-refractivity contribution < 1.29 is 14.3 Å². The first kappa shape index (κ1) is 11.8. The number of carbonyl (C=O) groups is 2. The second-order valence-corrected chi connectivity index (χ2v) is 3.78. The fourth-order valence-corrected chi connectivity index (χ4v) is 1.88. The third-order valence-electron chi connectivity index (χ3n) is 2.69. The van der Waals surface area contributed by atoms with Crippen molar-refractivity contribution in [1.82, 2.24) is 4.90 Å². The molecule has 15 heavy (non-hydrogen) atoms. The van der Waals surface area contributed by atoms with E-state index < -0.39 is 0 Å². The number of amides is 1. The first-order chi connectivity index (χ1) is 7.17. The second kappa shape index (κ2) is 5.53. The molecule has 4 nitrogen and oxygen atoms in total. The van der Waals surface area contributed by atoms with Gasteiger partial charge in [0.15, 0.2) is 0 Å². The topological polar surface area (TPSA) is 46.6 Å². The van der Waals surface area contributed by atoms with Crippen molar-refractivity contribution in [2.45, 2.75) is 19.3 Å². The number of rotatable bonds is 3. The van der Waals surface area contributed by atoms with E-state index in [1.807, 2.05) is 0 Å². The van der Waals surface area contributed by atoms with Gasteiger partial charge in [-0.15, -0.1) is 0 Å². The van der Waals surface area contributed by atoms with Crippen LogP contribution in [0.1, 0.15) is 19.3 Å². The number of carbonyl (C=O) groups excluding carboxylic acids is 2. The van der Waals surface area contributed by atoms with Crippen LogP contribution >= 0.6 is 0 Å². The Balaban J connectivity index is 2.45. The lowest BCUT2D eigenvalue weighted by atomic mass is 9.95. The van der Waals surface area contributed by atoms with E-state index in [4.69, 9.17) is 0 Å². The molecule has 1 rings (SSSR count). The quantitative estimate of drug-likeness (QED) is 0.516. The van der Waals surface area contributed by atoms with Gasteiger partial charge in [0.1, 0.15) is 0 Å². The number of hydrogen-bond donors (Lipinski definition) is 0. The summed E-state index contributed by atoms with van der Waals surface area (Å²) in [5.41, 5.74) is 0. The number of nitrogens with zero attached hydrogens (tertiary/aromatic N) is 1. The molecule has 1 amide bonds. The van der Waals surface area contributed by atoms with Crippen LogP contribution in [0.3, 0.4) is 0 Å². The molecular weight excluding hydrogens is 194 g/mol. The Kier molecular flexibility index (Phi) is 4.34. The second-order valence-electron chi connectivity index (χ2n) is 3.78. The Labute approximate surface area is 89.9 Å². The number of esters is 1. The van der Waals surface area contributed by atoms with Crippen LogP contribution in [0.15, 0.2) is 12.7 Å². The highest BCUT2D eigenvalue weighted by Gasteiger charge is 2.24. The minimum absolute atomic E-state index is 0.0513. The minimum Gasteiger partial charge on any atom is -0.469 e. The van der Waals surface area contributed by atoms with E-state index in [1.54, 1.807) is 4.90 Å². The smallest absolute Gasteiger partial charge is 0.305 e. The molecule has 1 aliphatic rings. The lowest BCUT2D eigenvalue weighted by Gasteiger charge is -2.31. The first-order valence-electron chi connectivity index (χ1n) is 5.15. The molecule has 0 N–H and O–H groups in total. The van der Waals surface area contributed by atoms with Gasteiger partial charge in [0.2, 0.25) is 5.91 Å². The molecule has 1 atom stereocenters. The van der Waals surface area contributed by atoms with Crippen molar-refractivity contribution in [3.05, 3.63) is 12.7 Å². The fraction of sp³-hybridized carbons (Fsp3) is 0.636. The molecule has 1 fully saturated rings. The van der Waals surface area contributed by atoms with Gasteiger partial charge in [0.05, 0.1) is 7.11 Å². The first-order valence-corrected chi connectivity index (χ1v) is 5.15. The summed E-state index contributed by atoms with van der Waals surface area (Å²) in [6, 6.07) is 0. The van der Waals surface area contributed by atoms with Crippen molar-refractivity contribution in [2.24, 2.45) is 5.92 Å². The number of ether oxygens (including phenoxy) is 1. The molecule has 84 valence electrons. The summed E-state index contributed by atoms with van der Waals surface area (Å²) in [5.74, 6) is -0.0208. The highest BCUT2D eigenvalue weighted by atomic mass is 16.5. The maximum atomic E-state index is 11.4. The largest absolute Gasteiger partial charge is 0.469 e. The average molecular weight is 211 g/mol. The summed E-state index contributed by atoms with van der Waals surface area (Å²) in [6.45, 7) is 4.86. The van der Waals surface area contributed by atoms with Crippen molar-refractivity contribution >= 4 is 11.9 Å².